The number of pyridine rings is 2. The first kappa shape index (κ1) is 35.1. The summed E-state index contributed by atoms with van der Waals surface area (Å²) in [4.78, 5) is 36.4. The summed E-state index contributed by atoms with van der Waals surface area (Å²) in [6.45, 7) is 6.51. The molecule has 0 aliphatic carbocycles. The van der Waals surface area contributed by atoms with Crippen LogP contribution in [0.4, 0.5) is 15.9 Å². The number of rotatable bonds is 10. The summed E-state index contributed by atoms with van der Waals surface area (Å²) in [5, 5.41) is 10.2. The molecule has 4 aromatic rings. The number of carbonyl (C=O) groups excluding carboxylic acids is 2. The minimum Gasteiger partial charge on any atom is -0.496 e. The van der Waals surface area contributed by atoms with E-state index >= 15 is 4.39 Å². The average molecular weight is 733 g/mol. The van der Waals surface area contributed by atoms with Gasteiger partial charge in [-0.25, -0.2) is 9.37 Å². The third kappa shape index (κ3) is 7.39. The maximum atomic E-state index is 15.7. The molecular weight excluding hydrogens is 692 g/mol. The molecule has 2 aromatic carbocycles. The third-order valence-corrected chi connectivity index (χ3v) is 11.0. The molecule has 2 amide bonds. The molecule has 0 bridgehead atoms. The lowest BCUT2D eigenvalue weighted by atomic mass is 9.79. The topological polar surface area (TPSA) is 112 Å². The summed E-state index contributed by atoms with van der Waals surface area (Å²) in [6, 6.07) is 15.1. The highest BCUT2D eigenvalue weighted by atomic mass is 35.5. The molecule has 5 heterocycles. The molecule has 10 nitrogen and oxygen atoms in total. The molecule has 266 valence electrons. The van der Waals surface area contributed by atoms with Crippen molar-refractivity contribution < 1.29 is 18.7 Å². The van der Waals surface area contributed by atoms with Gasteiger partial charge in [-0.3, -0.25) is 19.5 Å². The van der Waals surface area contributed by atoms with E-state index < -0.39 is 5.82 Å². The molecule has 3 saturated heterocycles. The van der Waals surface area contributed by atoms with Gasteiger partial charge in [0.15, 0.2) is 11.6 Å². The Kier molecular flexibility index (Phi) is 10.2. The fraction of sp³-hybridized carbons (Fsp3) is 0.368. The Bertz CT molecular complexity index is 1960. The molecule has 2 aromatic heterocycles. The molecule has 7 rings (SSSR count). The number of likely N-dealkylation sites (tertiary alicyclic amines) is 2. The summed E-state index contributed by atoms with van der Waals surface area (Å²) in [5.74, 6) is 0.544. The molecule has 3 aliphatic heterocycles. The first-order valence-electron chi connectivity index (χ1n) is 17.1. The lowest BCUT2D eigenvalue weighted by molar-refractivity contribution is -0.130. The summed E-state index contributed by atoms with van der Waals surface area (Å²) in [6.07, 6.45) is 5.48. The van der Waals surface area contributed by atoms with E-state index in [2.05, 4.69) is 30.8 Å². The van der Waals surface area contributed by atoms with Gasteiger partial charge in [-0.05, 0) is 37.1 Å². The van der Waals surface area contributed by atoms with Crippen LogP contribution < -0.4 is 20.7 Å². The standard InChI is InChI=1S/C38H40Cl2FN7O3/c1-23(49)48-14-10-27(11-15-48)44-18-25-8-12-43-37(35(25)41)46-30-5-3-4-28(33(30)39)29-9-13-42-36(34(29)40)24-6-7-26(31(16-24)51-2)19-47-21-38(22-47)17-32(50)45-20-38/h3-9,12-13,16,27,44H,10-11,14-15,17-22H2,1-2H3,(H,43,46)(H,45,50). The smallest absolute Gasteiger partial charge is 0.220 e. The molecule has 0 atom stereocenters. The van der Waals surface area contributed by atoms with Crippen molar-refractivity contribution >= 4 is 46.5 Å². The molecule has 3 aliphatic rings. The zero-order valence-corrected chi connectivity index (χ0v) is 30.1. The normalized spacial score (nSPS) is 17.4. The summed E-state index contributed by atoms with van der Waals surface area (Å²) < 4.78 is 21.5. The van der Waals surface area contributed by atoms with Crippen LogP contribution in [0.25, 0.3) is 22.4 Å². The molecule has 3 fully saturated rings. The fourth-order valence-corrected chi connectivity index (χ4v) is 8.03. The van der Waals surface area contributed by atoms with E-state index in [0.717, 1.165) is 49.4 Å². The highest BCUT2D eigenvalue weighted by molar-refractivity contribution is 6.39. The van der Waals surface area contributed by atoms with Gasteiger partial charge in [0.05, 0.1) is 28.5 Å². The molecule has 0 unspecified atom stereocenters. The van der Waals surface area contributed by atoms with Gasteiger partial charge in [0.25, 0.3) is 0 Å². The molecule has 0 saturated carbocycles. The number of nitrogens with zero attached hydrogens (tertiary/aromatic N) is 4. The van der Waals surface area contributed by atoms with E-state index in [-0.39, 0.29) is 29.1 Å². The van der Waals surface area contributed by atoms with Crippen molar-refractivity contribution in [1.82, 2.24) is 30.4 Å². The van der Waals surface area contributed by atoms with Gasteiger partial charge in [0, 0.05) is 111 Å². The number of benzene rings is 2. The van der Waals surface area contributed by atoms with Gasteiger partial charge >= 0.3 is 0 Å². The predicted octanol–water partition coefficient (Wildman–Crippen LogP) is 6.43. The van der Waals surface area contributed by atoms with Gasteiger partial charge < -0.3 is 25.6 Å². The number of halogens is 3. The fourth-order valence-electron chi connectivity index (χ4n) is 7.43. The second-order valence-electron chi connectivity index (χ2n) is 13.7. The van der Waals surface area contributed by atoms with E-state index in [0.29, 0.717) is 70.7 Å². The van der Waals surface area contributed by atoms with Gasteiger partial charge in [0.1, 0.15) is 5.75 Å². The average Bonchev–Trinajstić information content (AvgIpc) is 3.51. The van der Waals surface area contributed by atoms with Crippen molar-refractivity contribution in [2.24, 2.45) is 5.41 Å². The van der Waals surface area contributed by atoms with Gasteiger partial charge in [-0.15, -0.1) is 0 Å². The number of hydrogen-bond acceptors (Lipinski definition) is 8. The molecular formula is C38H40Cl2FN7O3. The SMILES string of the molecule is COc1cc(-c2nccc(-c3cccc(Nc4nccc(CNC5CCN(C(C)=O)CC5)c4F)c3Cl)c2Cl)ccc1CN1CC2(CNC(=O)C2)C1. The van der Waals surface area contributed by atoms with Crippen LogP contribution >= 0.6 is 23.2 Å². The van der Waals surface area contributed by atoms with Crippen molar-refractivity contribution in [3.05, 3.63) is 87.9 Å². The van der Waals surface area contributed by atoms with Crippen LogP contribution in [-0.2, 0) is 22.7 Å². The second kappa shape index (κ2) is 14.7. The van der Waals surface area contributed by atoms with Crippen molar-refractivity contribution in [2.45, 2.75) is 45.3 Å². The number of carbonyl (C=O) groups is 2. The van der Waals surface area contributed by atoms with Crippen LogP contribution in [0.1, 0.15) is 37.3 Å². The number of ether oxygens (including phenoxy) is 1. The Balaban J connectivity index is 1.06. The number of anilines is 2. The Labute approximate surface area is 306 Å². The van der Waals surface area contributed by atoms with Crippen LogP contribution in [0.3, 0.4) is 0 Å². The van der Waals surface area contributed by atoms with E-state index in [9.17, 15) is 9.59 Å². The quantitative estimate of drug-likeness (QED) is 0.171. The van der Waals surface area contributed by atoms with E-state index in [4.69, 9.17) is 27.9 Å². The van der Waals surface area contributed by atoms with Crippen molar-refractivity contribution in [3.8, 4) is 28.1 Å². The summed E-state index contributed by atoms with van der Waals surface area (Å²) in [7, 11) is 1.65. The van der Waals surface area contributed by atoms with Gasteiger partial charge in [0.2, 0.25) is 11.8 Å². The van der Waals surface area contributed by atoms with E-state index in [1.165, 1.54) is 0 Å². The second-order valence-corrected chi connectivity index (χ2v) is 14.5. The van der Waals surface area contributed by atoms with Crippen molar-refractivity contribution in [2.75, 3.05) is 45.2 Å². The van der Waals surface area contributed by atoms with Crippen LogP contribution in [0.5, 0.6) is 5.75 Å². The van der Waals surface area contributed by atoms with Crippen molar-refractivity contribution in [1.29, 1.82) is 0 Å². The number of aromatic nitrogens is 2. The summed E-state index contributed by atoms with van der Waals surface area (Å²) in [5.41, 5.74) is 4.75. The Hall–Kier alpha value is -4.29. The van der Waals surface area contributed by atoms with Crippen LogP contribution in [0.15, 0.2) is 60.9 Å². The molecule has 13 heteroatoms. The lowest BCUT2D eigenvalue weighted by Crippen LogP contribution is -2.56. The number of methoxy groups -OCH3 is 1. The molecule has 0 radical (unpaired) electrons. The van der Waals surface area contributed by atoms with Crippen LogP contribution in [0, 0.1) is 11.2 Å². The van der Waals surface area contributed by atoms with Gasteiger partial charge in [-0.2, -0.15) is 0 Å². The Morgan fingerprint density at radius 2 is 1.80 bits per heavy atom. The Morgan fingerprint density at radius 1 is 1.04 bits per heavy atom. The zero-order valence-electron chi connectivity index (χ0n) is 28.6. The van der Waals surface area contributed by atoms with E-state index in [1.807, 2.05) is 35.2 Å². The monoisotopic (exact) mass is 731 g/mol. The lowest BCUT2D eigenvalue weighted by Gasteiger charge is -2.47. The highest BCUT2D eigenvalue weighted by Gasteiger charge is 2.47. The van der Waals surface area contributed by atoms with Crippen molar-refractivity contribution in [3.63, 3.8) is 0 Å². The van der Waals surface area contributed by atoms with E-state index in [1.54, 1.807) is 44.6 Å². The number of hydrogen-bond donors (Lipinski definition) is 3. The number of piperidine rings is 1. The number of amides is 2. The molecule has 3 N–H and O–H groups in total. The molecule has 51 heavy (non-hydrogen) atoms. The Morgan fingerprint density at radius 3 is 2.53 bits per heavy atom. The first-order valence-corrected chi connectivity index (χ1v) is 17.9. The van der Waals surface area contributed by atoms with Crippen LogP contribution in [-0.4, -0.2) is 77.5 Å². The number of nitrogens with one attached hydrogen (secondary N) is 3. The summed E-state index contributed by atoms with van der Waals surface area (Å²) >= 11 is 14.0. The minimum absolute atomic E-state index is 0.0549. The maximum Gasteiger partial charge on any atom is 0.220 e. The van der Waals surface area contributed by atoms with Crippen LogP contribution in [0.2, 0.25) is 10.0 Å². The zero-order chi connectivity index (χ0) is 35.7. The maximum absolute atomic E-state index is 15.7. The third-order valence-electron chi connectivity index (χ3n) is 10.2. The highest BCUT2D eigenvalue weighted by Crippen LogP contribution is 2.43. The van der Waals surface area contributed by atoms with Gasteiger partial charge in [-0.1, -0.05) is 47.5 Å². The first-order chi connectivity index (χ1) is 24.6. The largest absolute Gasteiger partial charge is 0.496 e. The predicted molar refractivity (Wildman–Crippen MR) is 197 cm³/mol. The minimum atomic E-state index is -0.464. The molecule has 1 spiro atoms.